The molecule has 0 saturated carbocycles. The molecule has 5 nitrogen and oxygen atoms in total. The summed E-state index contributed by atoms with van der Waals surface area (Å²) in [6, 6.07) is 10.1. The van der Waals surface area contributed by atoms with Gasteiger partial charge in [-0.1, -0.05) is 33.6 Å². The van der Waals surface area contributed by atoms with E-state index in [1.807, 2.05) is 32.9 Å². The zero-order valence-electron chi connectivity index (χ0n) is 14.5. The average Bonchev–Trinajstić information content (AvgIpc) is 2.53. The van der Waals surface area contributed by atoms with Crippen LogP contribution in [0.2, 0.25) is 0 Å². The third-order valence-corrected chi connectivity index (χ3v) is 6.08. The number of sulfonamides is 1. The first-order valence-electron chi connectivity index (χ1n) is 7.59. The molecule has 2 aromatic rings. The van der Waals surface area contributed by atoms with Crippen LogP contribution in [0.1, 0.15) is 16.7 Å². The summed E-state index contributed by atoms with van der Waals surface area (Å²) in [5, 5.41) is 0. The Labute approximate surface area is 156 Å². The number of aryl methyl sites for hydroxylation is 3. The first-order valence-corrected chi connectivity index (χ1v) is 9.83. The van der Waals surface area contributed by atoms with Gasteiger partial charge in [-0.05, 0) is 56.2 Å². The summed E-state index contributed by atoms with van der Waals surface area (Å²) in [5.74, 6) is -0.625. The molecule has 0 amide bonds. The van der Waals surface area contributed by atoms with E-state index in [1.54, 1.807) is 12.1 Å². The Bertz CT molecular complexity index is 869. The SMILES string of the molecule is COC(=O)CN(c1c(C)cc(C)cc1C)S(=O)(=O)c1ccc(Br)cc1. The number of benzene rings is 2. The summed E-state index contributed by atoms with van der Waals surface area (Å²) in [6.45, 7) is 5.21. The molecule has 134 valence electrons. The number of hydrogen-bond acceptors (Lipinski definition) is 4. The molecular weight excluding hydrogens is 406 g/mol. The van der Waals surface area contributed by atoms with Gasteiger partial charge in [-0.2, -0.15) is 0 Å². The molecule has 7 heteroatoms. The number of carbonyl (C=O) groups is 1. The Balaban J connectivity index is 2.65. The molecule has 0 bridgehead atoms. The summed E-state index contributed by atoms with van der Waals surface area (Å²) in [5.41, 5.74) is 3.08. The summed E-state index contributed by atoms with van der Waals surface area (Å²) in [6.07, 6.45) is 0. The van der Waals surface area contributed by atoms with Crippen LogP contribution in [0.15, 0.2) is 45.8 Å². The smallest absolute Gasteiger partial charge is 0.326 e. The average molecular weight is 426 g/mol. The molecule has 0 fully saturated rings. The molecular formula is C18H20BrNO4S. The van der Waals surface area contributed by atoms with Crippen molar-refractivity contribution in [2.24, 2.45) is 0 Å². The molecule has 0 radical (unpaired) electrons. The highest BCUT2D eigenvalue weighted by molar-refractivity contribution is 9.10. The predicted octanol–water partition coefficient (Wildman–Crippen LogP) is 3.74. The van der Waals surface area contributed by atoms with Gasteiger partial charge in [0.25, 0.3) is 10.0 Å². The zero-order valence-corrected chi connectivity index (χ0v) is 16.9. The van der Waals surface area contributed by atoms with Gasteiger partial charge in [0.15, 0.2) is 0 Å². The minimum atomic E-state index is -3.92. The van der Waals surface area contributed by atoms with Crippen molar-refractivity contribution in [3.05, 3.63) is 57.6 Å². The van der Waals surface area contributed by atoms with E-state index in [1.165, 1.54) is 19.2 Å². The van der Waals surface area contributed by atoms with Gasteiger partial charge in [0.05, 0.1) is 17.7 Å². The summed E-state index contributed by atoms with van der Waals surface area (Å²) in [4.78, 5) is 12.0. The van der Waals surface area contributed by atoms with E-state index in [4.69, 9.17) is 4.74 Å². The van der Waals surface area contributed by atoms with E-state index in [9.17, 15) is 13.2 Å². The predicted molar refractivity (Wildman–Crippen MR) is 101 cm³/mol. The molecule has 0 saturated heterocycles. The Morgan fingerprint density at radius 1 is 1.08 bits per heavy atom. The first-order chi connectivity index (χ1) is 11.7. The number of esters is 1. The van der Waals surface area contributed by atoms with Crippen LogP contribution in [0.5, 0.6) is 0 Å². The van der Waals surface area contributed by atoms with Crippen LogP contribution >= 0.6 is 15.9 Å². The highest BCUT2D eigenvalue weighted by Crippen LogP contribution is 2.31. The van der Waals surface area contributed by atoms with Gasteiger partial charge in [-0.3, -0.25) is 9.10 Å². The van der Waals surface area contributed by atoms with Crippen LogP contribution in [0, 0.1) is 20.8 Å². The lowest BCUT2D eigenvalue weighted by Gasteiger charge is -2.27. The maximum atomic E-state index is 13.2. The minimum absolute atomic E-state index is 0.110. The Morgan fingerprint density at radius 2 is 1.60 bits per heavy atom. The van der Waals surface area contributed by atoms with Crippen LogP contribution in [-0.2, 0) is 19.6 Å². The number of rotatable bonds is 5. The zero-order chi connectivity index (χ0) is 18.8. The molecule has 0 aliphatic carbocycles. The number of halogens is 1. The fraction of sp³-hybridized carbons (Fsp3) is 0.278. The van der Waals surface area contributed by atoms with Crippen molar-refractivity contribution in [2.45, 2.75) is 25.7 Å². The quantitative estimate of drug-likeness (QED) is 0.684. The molecule has 0 spiro atoms. The molecule has 25 heavy (non-hydrogen) atoms. The Hall–Kier alpha value is -1.86. The van der Waals surface area contributed by atoms with Crippen LogP contribution in [0.25, 0.3) is 0 Å². The third-order valence-electron chi connectivity index (χ3n) is 3.79. The molecule has 0 aromatic heterocycles. The van der Waals surface area contributed by atoms with Gasteiger partial charge in [-0.25, -0.2) is 8.42 Å². The highest BCUT2D eigenvalue weighted by Gasteiger charge is 2.29. The number of anilines is 1. The number of nitrogens with zero attached hydrogens (tertiary/aromatic N) is 1. The van der Waals surface area contributed by atoms with E-state index in [-0.39, 0.29) is 11.4 Å². The third kappa shape index (κ3) is 4.22. The van der Waals surface area contributed by atoms with Crippen LogP contribution in [-0.4, -0.2) is 28.0 Å². The van der Waals surface area contributed by atoms with Crippen molar-refractivity contribution in [3.63, 3.8) is 0 Å². The topological polar surface area (TPSA) is 63.7 Å². The summed E-state index contributed by atoms with van der Waals surface area (Å²) < 4.78 is 33.0. The number of hydrogen-bond donors (Lipinski definition) is 0. The van der Waals surface area contributed by atoms with Crippen molar-refractivity contribution in [3.8, 4) is 0 Å². The fourth-order valence-corrected chi connectivity index (χ4v) is 4.57. The number of methoxy groups -OCH3 is 1. The van der Waals surface area contributed by atoms with E-state index in [0.29, 0.717) is 5.69 Å². The molecule has 0 heterocycles. The van der Waals surface area contributed by atoms with Crippen LogP contribution in [0.3, 0.4) is 0 Å². The second-order valence-electron chi connectivity index (χ2n) is 5.79. The Kier molecular flexibility index (Phi) is 5.90. The van der Waals surface area contributed by atoms with Gasteiger partial charge in [0.1, 0.15) is 6.54 Å². The van der Waals surface area contributed by atoms with Crippen LogP contribution in [0.4, 0.5) is 5.69 Å². The highest BCUT2D eigenvalue weighted by atomic mass is 79.9. The van der Waals surface area contributed by atoms with Crippen molar-refractivity contribution in [1.82, 2.24) is 0 Å². The van der Waals surface area contributed by atoms with E-state index in [0.717, 1.165) is 25.5 Å². The summed E-state index contributed by atoms with van der Waals surface area (Å²) in [7, 11) is -2.68. The normalized spacial score (nSPS) is 11.2. The van der Waals surface area contributed by atoms with Gasteiger partial charge < -0.3 is 4.74 Å². The number of carbonyl (C=O) groups excluding carboxylic acids is 1. The summed E-state index contributed by atoms with van der Waals surface area (Å²) >= 11 is 3.29. The molecule has 0 atom stereocenters. The Morgan fingerprint density at radius 3 is 2.08 bits per heavy atom. The van der Waals surface area contributed by atoms with Crippen molar-refractivity contribution >= 4 is 37.6 Å². The maximum Gasteiger partial charge on any atom is 0.326 e. The van der Waals surface area contributed by atoms with Crippen LogP contribution < -0.4 is 4.31 Å². The van der Waals surface area contributed by atoms with Gasteiger partial charge in [0.2, 0.25) is 0 Å². The monoisotopic (exact) mass is 425 g/mol. The molecule has 0 unspecified atom stereocenters. The second kappa shape index (κ2) is 7.58. The van der Waals surface area contributed by atoms with E-state index >= 15 is 0 Å². The minimum Gasteiger partial charge on any atom is -0.468 e. The lowest BCUT2D eigenvalue weighted by Crippen LogP contribution is -2.37. The fourth-order valence-electron chi connectivity index (χ4n) is 2.77. The molecule has 0 aliphatic rings. The molecule has 0 N–H and O–H groups in total. The maximum absolute atomic E-state index is 13.2. The van der Waals surface area contributed by atoms with Gasteiger partial charge in [-0.15, -0.1) is 0 Å². The lowest BCUT2D eigenvalue weighted by atomic mass is 10.1. The van der Waals surface area contributed by atoms with Crippen molar-refractivity contribution in [2.75, 3.05) is 18.0 Å². The first kappa shape index (κ1) is 19.5. The van der Waals surface area contributed by atoms with E-state index < -0.39 is 16.0 Å². The van der Waals surface area contributed by atoms with E-state index in [2.05, 4.69) is 15.9 Å². The number of ether oxygens (including phenoxy) is 1. The standard InChI is InChI=1S/C18H20BrNO4S/c1-12-9-13(2)18(14(3)10-12)20(11-17(21)24-4)25(22,23)16-7-5-15(19)6-8-16/h5-10H,11H2,1-4H3. The van der Waals surface area contributed by atoms with Crippen molar-refractivity contribution < 1.29 is 17.9 Å². The largest absolute Gasteiger partial charge is 0.468 e. The van der Waals surface area contributed by atoms with Crippen molar-refractivity contribution in [1.29, 1.82) is 0 Å². The molecule has 2 rings (SSSR count). The molecule has 0 aliphatic heterocycles. The van der Waals surface area contributed by atoms with Gasteiger partial charge in [0, 0.05) is 4.47 Å². The molecule has 2 aromatic carbocycles. The van der Waals surface area contributed by atoms with Gasteiger partial charge >= 0.3 is 5.97 Å². The second-order valence-corrected chi connectivity index (χ2v) is 8.57. The lowest BCUT2D eigenvalue weighted by molar-refractivity contribution is -0.138.